The molecule has 1 heterocycles. The lowest BCUT2D eigenvalue weighted by Gasteiger charge is -2.29. The molecule has 0 unspecified atom stereocenters. The van der Waals surface area contributed by atoms with Crippen LogP contribution < -0.4 is 0 Å². The molecule has 1 fully saturated rings. The number of aryl methyl sites for hydroxylation is 1. The first kappa shape index (κ1) is 19.1. The lowest BCUT2D eigenvalue weighted by molar-refractivity contribution is -0.135. The van der Waals surface area contributed by atoms with E-state index in [0.717, 1.165) is 6.42 Å². The molecule has 1 aliphatic rings. The highest BCUT2D eigenvalue weighted by molar-refractivity contribution is 5.64. The summed E-state index contributed by atoms with van der Waals surface area (Å²) >= 11 is 0. The minimum atomic E-state index is 0.0670. The molecule has 2 aromatic rings. The van der Waals surface area contributed by atoms with Crippen LogP contribution in [0.2, 0.25) is 0 Å². The van der Waals surface area contributed by atoms with Gasteiger partial charge in [-0.05, 0) is 41.5 Å². The second kappa shape index (κ2) is 9.89. The smallest absolute Gasteiger partial charge is 0.106 e. The molecule has 0 radical (unpaired) electrons. The molecule has 0 bridgehead atoms. The Labute approximate surface area is 158 Å². The first-order chi connectivity index (χ1) is 12.8. The van der Waals surface area contributed by atoms with E-state index in [1.54, 1.807) is 0 Å². The maximum Gasteiger partial charge on any atom is 0.106 e. The van der Waals surface area contributed by atoms with Crippen molar-refractivity contribution in [3.8, 4) is 11.1 Å². The summed E-state index contributed by atoms with van der Waals surface area (Å²) in [5.74, 6) is 0. The second-order valence-electron chi connectivity index (χ2n) is 7.32. The van der Waals surface area contributed by atoms with Crippen LogP contribution in [-0.4, -0.2) is 19.3 Å². The van der Waals surface area contributed by atoms with Gasteiger partial charge in [-0.3, -0.25) is 0 Å². The Bertz CT molecular complexity index is 637. The van der Waals surface area contributed by atoms with Crippen LogP contribution in [0.25, 0.3) is 11.1 Å². The predicted molar refractivity (Wildman–Crippen MR) is 108 cm³/mol. The van der Waals surface area contributed by atoms with E-state index in [2.05, 4.69) is 62.4 Å². The van der Waals surface area contributed by atoms with Crippen molar-refractivity contribution in [2.45, 2.75) is 64.6 Å². The van der Waals surface area contributed by atoms with Crippen LogP contribution >= 0.6 is 0 Å². The maximum atomic E-state index is 5.96. The standard InChI is InChI=1S/C24H32O2/c1-3-5-6-7-8-19-9-11-20(12-10-19)21-13-15-22(16-14-21)24-18-25-23(4-2)17-26-24/h9-16,23-24H,3-8,17-18H2,1-2H3/t23-,24-/m1/s1. The molecular formula is C24H32O2. The van der Waals surface area contributed by atoms with Crippen molar-refractivity contribution in [1.82, 2.24) is 0 Å². The Morgan fingerprint density at radius 3 is 2.04 bits per heavy atom. The molecule has 0 amide bonds. The van der Waals surface area contributed by atoms with Crippen LogP contribution in [0.3, 0.4) is 0 Å². The molecule has 0 saturated carbocycles. The Kier molecular flexibility index (Phi) is 7.28. The highest BCUT2D eigenvalue weighted by atomic mass is 16.6. The number of hydrogen-bond donors (Lipinski definition) is 0. The Balaban J connectivity index is 1.56. The first-order valence-electron chi connectivity index (χ1n) is 10.2. The number of ether oxygens (including phenoxy) is 2. The van der Waals surface area contributed by atoms with Crippen molar-refractivity contribution in [3.63, 3.8) is 0 Å². The van der Waals surface area contributed by atoms with Crippen LogP contribution in [0.4, 0.5) is 0 Å². The number of hydrogen-bond acceptors (Lipinski definition) is 2. The van der Waals surface area contributed by atoms with Gasteiger partial charge >= 0.3 is 0 Å². The van der Waals surface area contributed by atoms with Crippen LogP contribution in [0.15, 0.2) is 48.5 Å². The van der Waals surface area contributed by atoms with E-state index >= 15 is 0 Å². The van der Waals surface area contributed by atoms with Crippen molar-refractivity contribution in [2.75, 3.05) is 13.2 Å². The number of unbranched alkanes of at least 4 members (excludes halogenated alkanes) is 3. The Morgan fingerprint density at radius 1 is 0.769 bits per heavy atom. The third-order valence-corrected chi connectivity index (χ3v) is 5.31. The minimum absolute atomic E-state index is 0.0670. The fraction of sp³-hybridized carbons (Fsp3) is 0.500. The number of rotatable bonds is 8. The zero-order valence-electron chi connectivity index (χ0n) is 16.2. The summed E-state index contributed by atoms with van der Waals surface area (Å²) in [7, 11) is 0. The van der Waals surface area contributed by atoms with E-state index in [-0.39, 0.29) is 12.2 Å². The van der Waals surface area contributed by atoms with Gasteiger partial charge in [0.1, 0.15) is 6.10 Å². The van der Waals surface area contributed by atoms with Gasteiger partial charge in [-0.1, -0.05) is 81.6 Å². The van der Waals surface area contributed by atoms with Crippen LogP contribution in [-0.2, 0) is 15.9 Å². The van der Waals surface area contributed by atoms with Crippen molar-refractivity contribution in [2.24, 2.45) is 0 Å². The summed E-state index contributed by atoms with van der Waals surface area (Å²) in [6, 6.07) is 17.8. The van der Waals surface area contributed by atoms with Gasteiger partial charge in [-0.25, -0.2) is 0 Å². The Hall–Kier alpha value is -1.64. The largest absolute Gasteiger partial charge is 0.373 e. The highest BCUT2D eigenvalue weighted by Crippen LogP contribution is 2.27. The van der Waals surface area contributed by atoms with Crippen molar-refractivity contribution >= 4 is 0 Å². The van der Waals surface area contributed by atoms with Crippen molar-refractivity contribution in [1.29, 1.82) is 0 Å². The molecular weight excluding hydrogens is 320 g/mol. The van der Waals surface area contributed by atoms with Gasteiger partial charge in [0.15, 0.2) is 0 Å². The molecule has 140 valence electrons. The van der Waals surface area contributed by atoms with Gasteiger partial charge in [-0.2, -0.15) is 0 Å². The van der Waals surface area contributed by atoms with Gasteiger partial charge in [0, 0.05) is 0 Å². The maximum absolute atomic E-state index is 5.96. The average molecular weight is 353 g/mol. The zero-order valence-corrected chi connectivity index (χ0v) is 16.2. The monoisotopic (exact) mass is 352 g/mol. The second-order valence-corrected chi connectivity index (χ2v) is 7.32. The van der Waals surface area contributed by atoms with Crippen LogP contribution in [0, 0.1) is 0 Å². The molecule has 0 N–H and O–H groups in total. The highest BCUT2D eigenvalue weighted by Gasteiger charge is 2.22. The van der Waals surface area contributed by atoms with Gasteiger partial charge in [0.05, 0.1) is 19.3 Å². The van der Waals surface area contributed by atoms with Gasteiger partial charge < -0.3 is 9.47 Å². The third kappa shape index (κ3) is 5.18. The minimum Gasteiger partial charge on any atom is -0.373 e. The molecule has 2 heteroatoms. The quantitative estimate of drug-likeness (QED) is 0.516. The molecule has 2 atom stereocenters. The van der Waals surface area contributed by atoms with Crippen molar-refractivity contribution < 1.29 is 9.47 Å². The summed E-state index contributed by atoms with van der Waals surface area (Å²) in [5, 5.41) is 0. The molecule has 2 aromatic carbocycles. The van der Waals surface area contributed by atoms with E-state index in [0.29, 0.717) is 13.2 Å². The molecule has 1 saturated heterocycles. The molecule has 2 nitrogen and oxygen atoms in total. The Morgan fingerprint density at radius 2 is 1.46 bits per heavy atom. The summed E-state index contributed by atoms with van der Waals surface area (Å²) in [6.45, 7) is 5.75. The van der Waals surface area contributed by atoms with Gasteiger partial charge in [-0.15, -0.1) is 0 Å². The zero-order chi connectivity index (χ0) is 18.2. The predicted octanol–water partition coefficient (Wildman–Crippen LogP) is 6.34. The first-order valence-corrected chi connectivity index (χ1v) is 10.2. The molecule has 1 aliphatic heterocycles. The molecule has 26 heavy (non-hydrogen) atoms. The SMILES string of the molecule is CCCCCCc1ccc(-c2ccc([C@H]3CO[C@H](CC)CO3)cc2)cc1. The lowest BCUT2D eigenvalue weighted by atomic mass is 9.99. The van der Waals surface area contributed by atoms with E-state index < -0.39 is 0 Å². The number of benzene rings is 2. The normalized spacial score (nSPS) is 20.2. The van der Waals surface area contributed by atoms with Crippen LogP contribution in [0.1, 0.15) is 63.2 Å². The van der Waals surface area contributed by atoms with Crippen molar-refractivity contribution in [3.05, 3.63) is 59.7 Å². The third-order valence-electron chi connectivity index (χ3n) is 5.31. The van der Waals surface area contributed by atoms with Gasteiger partial charge in [0.2, 0.25) is 0 Å². The summed E-state index contributed by atoms with van der Waals surface area (Å²) < 4.78 is 11.8. The van der Waals surface area contributed by atoms with Gasteiger partial charge in [0.25, 0.3) is 0 Å². The molecule has 3 rings (SSSR count). The fourth-order valence-electron chi connectivity index (χ4n) is 3.48. The fourth-order valence-corrected chi connectivity index (χ4v) is 3.48. The summed E-state index contributed by atoms with van der Waals surface area (Å²) in [4.78, 5) is 0. The van der Waals surface area contributed by atoms with Crippen LogP contribution in [0.5, 0.6) is 0 Å². The van der Waals surface area contributed by atoms with E-state index in [9.17, 15) is 0 Å². The van der Waals surface area contributed by atoms with E-state index in [1.165, 1.54) is 54.4 Å². The summed E-state index contributed by atoms with van der Waals surface area (Å²) in [6.07, 6.45) is 7.81. The molecule has 0 aromatic heterocycles. The van der Waals surface area contributed by atoms with E-state index in [4.69, 9.17) is 9.47 Å². The average Bonchev–Trinajstić information content (AvgIpc) is 2.72. The summed E-state index contributed by atoms with van der Waals surface area (Å²) in [5.41, 5.74) is 5.19. The molecule has 0 spiro atoms. The topological polar surface area (TPSA) is 18.5 Å². The lowest BCUT2D eigenvalue weighted by Crippen LogP contribution is -2.30. The van der Waals surface area contributed by atoms with E-state index in [1.807, 2.05) is 0 Å². The molecule has 0 aliphatic carbocycles.